The lowest BCUT2D eigenvalue weighted by Gasteiger charge is -1.90. The lowest BCUT2D eigenvalue weighted by atomic mass is 10.7. The van der Waals surface area contributed by atoms with Crippen LogP contribution in [0.15, 0.2) is 10.7 Å². The Bertz CT molecular complexity index is 179. The second-order valence-corrected chi connectivity index (χ2v) is 3.45. The lowest BCUT2D eigenvalue weighted by molar-refractivity contribution is 1.08. The standard InChI is InChI=1S/C4HBrClIN2/c5-2-1-3(6)9-4(7)8-2/h1H. The first-order chi connectivity index (χ1) is 4.18. The average Bonchev–Trinajstić information content (AvgIpc) is 1.59. The fourth-order valence-corrected chi connectivity index (χ4v) is 2.06. The number of hydrogen-bond donors (Lipinski definition) is 0. The third kappa shape index (κ3) is 2.35. The van der Waals surface area contributed by atoms with Crippen LogP contribution in [0.25, 0.3) is 0 Å². The number of nitrogens with zero attached hydrogens (tertiary/aromatic N) is 2. The topological polar surface area (TPSA) is 25.8 Å². The molecule has 1 rings (SSSR count). The fraction of sp³-hybridized carbons (Fsp3) is 0. The van der Waals surface area contributed by atoms with Crippen molar-refractivity contribution in [3.63, 3.8) is 0 Å². The van der Waals surface area contributed by atoms with E-state index in [2.05, 4.69) is 25.9 Å². The SMILES string of the molecule is Clc1cc(Br)nc(I)n1. The summed E-state index contributed by atoms with van der Waals surface area (Å²) < 4.78 is 1.36. The van der Waals surface area contributed by atoms with Gasteiger partial charge in [0, 0.05) is 28.7 Å². The summed E-state index contributed by atoms with van der Waals surface area (Å²) in [5.41, 5.74) is 0. The van der Waals surface area contributed by atoms with E-state index in [4.69, 9.17) is 11.6 Å². The Labute approximate surface area is 79.3 Å². The molecule has 0 amide bonds. The predicted octanol–water partition coefficient (Wildman–Crippen LogP) is 2.50. The lowest BCUT2D eigenvalue weighted by Crippen LogP contribution is -1.86. The highest BCUT2D eigenvalue weighted by Gasteiger charge is 1.95. The van der Waals surface area contributed by atoms with Gasteiger partial charge in [-0.1, -0.05) is 11.6 Å². The van der Waals surface area contributed by atoms with E-state index in [1.54, 1.807) is 6.07 Å². The van der Waals surface area contributed by atoms with Crippen LogP contribution in [0.2, 0.25) is 5.15 Å². The van der Waals surface area contributed by atoms with Crippen molar-refractivity contribution in [2.75, 3.05) is 0 Å². The fourth-order valence-electron chi connectivity index (χ4n) is 0.364. The summed E-state index contributed by atoms with van der Waals surface area (Å²) in [6, 6.07) is 1.64. The second-order valence-electron chi connectivity index (χ2n) is 1.28. The maximum Gasteiger partial charge on any atom is 0.193 e. The van der Waals surface area contributed by atoms with Crippen molar-refractivity contribution < 1.29 is 0 Å². The minimum Gasteiger partial charge on any atom is -0.216 e. The molecule has 1 heterocycles. The van der Waals surface area contributed by atoms with Gasteiger partial charge in [-0.25, -0.2) is 9.97 Å². The molecule has 1 aromatic heterocycles. The molecule has 0 aliphatic heterocycles. The molecule has 0 aliphatic carbocycles. The van der Waals surface area contributed by atoms with Crippen molar-refractivity contribution >= 4 is 50.1 Å². The smallest absolute Gasteiger partial charge is 0.193 e. The van der Waals surface area contributed by atoms with Crippen LogP contribution >= 0.6 is 50.1 Å². The van der Waals surface area contributed by atoms with Crippen LogP contribution < -0.4 is 0 Å². The molecule has 5 heteroatoms. The van der Waals surface area contributed by atoms with Crippen molar-refractivity contribution in [3.05, 3.63) is 19.7 Å². The predicted molar refractivity (Wildman–Crippen MR) is 47.5 cm³/mol. The molecule has 0 aromatic carbocycles. The monoisotopic (exact) mass is 318 g/mol. The van der Waals surface area contributed by atoms with Gasteiger partial charge < -0.3 is 0 Å². The van der Waals surface area contributed by atoms with Gasteiger partial charge in [-0.15, -0.1) is 0 Å². The first-order valence-corrected chi connectivity index (χ1v) is 4.29. The first-order valence-electron chi connectivity index (χ1n) is 2.04. The van der Waals surface area contributed by atoms with Crippen LogP contribution in [0, 0.1) is 3.83 Å². The van der Waals surface area contributed by atoms with Crippen molar-refractivity contribution in [1.29, 1.82) is 0 Å². The molecule has 0 fully saturated rings. The Kier molecular flexibility index (Phi) is 2.66. The van der Waals surface area contributed by atoms with E-state index < -0.39 is 0 Å². The van der Waals surface area contributed by atoms with Crippen molar-refractivity contribution in [2.24, 2.45) is 0 Å². The number of aromatic nitrogens is 2. The molecule has 0 bridgehead atoms. The molecule has 48 valence electrons. The molecule has 2 nitrogen and oxygen atoms in total. The molecule has 1 aromatic rings. The van der Waals surface area contributed by atoms with E-state index in [0.717, 1.165) is 0 Å². The van der Waals surface area contributed by atoms with Gasteiger partial charge in [-0.3, -0.25) is 0 Å². The van der Waals surface area contributed by atoms with E-state index in [1.807, 2.05) is 22.6 Å². The largest absolute Gasteiger partial charge is 0.216 e. The molecular weight excluding hydrogens is 318 g/mol. The van der Waals surface area contributed by atoms with Crippen LogP contribution in [0.4, 0.5) is 0 Å². The number of hydrogen-bond acceptors (Lipinski definition) is 2. The van der Waals surface area contributed by atoms with Crippen LogP contribution in [-0.4, -0.2) is 9.97 Å². The molecule has 9 heavy (non-hydrogen) atoms. The van der Waals surface area contributed by atoms with Crippen LogP contribution in [-0.2, 0) is 0 Å². The van der Waals surface area contributed by atoms with Crippen LogP contribution in [0.3, 0.4) is 0 Å². The molecule has 0 unspecified atom stereocenters. The number of halogens is 3. The van der Waals surface area contributed by atoms with E-state index in [-0.39, 0.29) is 0 Å². The highest BCUT2D eigenvalue weighted by Crippen LogP contribution is 2.12. The molecule has 0 spiro atoms. The zero-order valence-corrected chi connectivity index (χ0v) is 8.61. The summed E-state index contributed by atoms with van der Waals surface area (Å²) in [5, 5.41) is 0.460. The third-order valence-corrected chi connectivity index (χ3v) is 1.72. The van der Waals surface area contributed by atoms with E-state index in [1.165, 1.54) is 0 Å². The molecule has 0 radical (unpaired) electrons. The quantitative estimate of drug-likeness (QED) is 0.417. The van der Waals surface area contributed by atoms with Gasteiger partial charge in [0.05, 0.1) is 0 Å². The molecule has 0 aliphatic rings. The normalized spacial score (nSPS) is 9.67. The third-order valence-electron chi connectivity index (χ3n) is 0.636. The summed E-state index contributed by atoms with van der Waals surface area (Å²) in [5.74, 6) is 0. The van der Waals surface area contributed by atoms with E-state index >= 15 is 0 Å². The Morgan fingerprint density at radius 1 is 1.56 bits per heavy atom. The average molecular weight is 319 g/mol. The Morgan fingerprint density at radius 2 is 2.22 bits per heavy atom. The Morgan fingerprint density at radius 3 is 2.67 bits per heavy atom. The van der Waals surface area contributed by atoms with E-state index in [0.29, 0.717) is 13.6 Å². The van der Waals surface area contributed by atoms with E-state index in [9.17, 15) is 0 Å². The zero-order valence-electron chi connectivity index (χ0n) is 4.11. The maximum atomic E-state index is 5.56. The van der Waals surface area contributed by atoms with Gasteiger partial charge in [0.2, 0.25) is 0 Å². The minimum atomic E-state index is 0.460. The van der Waals surface area contributed by atoms with Gasteiger partial charge in [-0.05, 0) is 15.9 Å². The summed E-state index contributed by atoms with van der Waals surface area (Å²) in [6.07, 6.45) is 0. The highest BCUT2D eigenvalue weighted by atomic mass is 127. The summed E-state index contributed by atoms with van der Waals surface area (Å²) in [6.45, 7) is 0. The summed E-state index contributed by atoms with van der Waals surface area (Å²) in [7, 11) is 0. The highest BCUT2D eigenvalue weighted by molar-refractivity contribution is 14.1. The van der Waals surface area contributed by atoms with Gasteiger partial charge >= 0.3 is 0 Å². The van der Waals surface area contributed by atoms with Crippen molar-refractivity contribution in [2.45, 2.75) is 0 Å². The molecule has 0 saturated carbocycles. The molecule has 0 atom stereocenters. The first kappa shape index (κ1) is 7.68. The molecule has 0 saturated heterocycles. The molecule has 0 N–H and O–H groups in total. The van der Waals surface area contributed by atoms with Gasteiger partial charge in [0.1, 0.15) is 9.76 Å². The van der Waals surface area contributed by atoms with Gasteiger partial charge in [0.15, 0.2) is 3.83 Å². The summed E-state index contributed by atoms with van der Waals surface area (Å²) >= 11 is 10.7. The van der Waals surface area contributed by atoms with Gasteiger partial charge in [0.25, 0.3) is 0 Å². The van der Waals surface area contributed by atoms with Crippen LogP contribution in [0.5, 0.6) is 0 Å². The maximum absolute atomic E-state index is 5.56. The zero-order chi connectivity index (χ0) is 6.85. The minimum absolute atomic E-state index is 0.460. The van der Waals surface area contributed by atoms with Gasteiger partial charge in [-0.2, -0.15) is 0 Å². The van der Waals surface area contributed by atoms with Crippen LogP contribution in [0.1, 0.15) is 0 Å². The summed E-state index contributed by atoms with van der Waals surface area (Å²) in [4.78, 5) is 7.79. The Balaban J connectivity index is 3.17. The molecular formula is C4HBrClIN2. The van der Waals surface area contributed by atoms with Crippen molar-refractivity contribution in [3.8, 4) is 0 Å². The second kappa shape index (κ2) is 3.12. The number of rotatable bonds is 0. The van der Waals surface area contributed by atoms with Crippen molar-refractivity contribution in [1.82, 2.24) is 9.97 Å². The Hall–Kier alpha value is 0.580.